The van der Waals surface area contributed by atoms with E-state index in [1.807, 2.05) is 32.9 Å². The van der Waals surface area contributed by atoms with Crippen LogP contribution in [0.5, 0.6) is 0 Å². The highest BCUT2D eigenvalue weighted by molar-refractivity contribution is 9.12. The minimum Gasteiger partial charge on any atom is -0.350 e. The zero-order chi connectivity index (χ0) is 14.6. The fourth-order valence-corrected chi connectivity index (χ4v) is 2.45. The number of benzene rings is 1. The molecule has 0 aliphatic carbocycles. The molecule has 0 aromatic heterocycles. The third-order valence-electron chi connectivity index (χ3n) is 2.36. The summed E-state index contributed by atoms with van der Waals surface area (Å²) in [6.07, 6.45) is 0. The average molecular weight is 388 g/mol. The first-order valence-corrected chi connectivity index (χ1v) is 7.68. The first-order chi connectivity index (χ1) is 8.74. The summed E-state index contributed by atoms with van der Waals surface area (Å²) in [4.78, 5) is 11.5. The van der Waals surface area contributed by atoms with Gasteiger partial charge in [-0.1, -0.05) is 44.0 Å². The molecular weight excluding hydrogens is 372 g/mol. The van der Waals surface area contributed by atoms with Gasteiger partial charge in [0.2, 0.25) is 5.91 Å². The molecule has 5 heteroatoms. The van der Waals surface area contributed by atoms with Gasteiger partial charge in [-0.2, -0.15) is 5.26 Å². The van der Waals surface area contributed by atoms with Gasteiger partial charge in [-0.25, -0.2) is 0 Å². The van der Waals surface area contributed by atoms with Crippen LogP contribution in [0.25, 0.3) is 0 Å². The lowest BCUT2D eigenvalue weighted by molar-refractivity contribution is -0.121. The normalized spacial score (nSPS) is 14.3. The van der Waals surface area contributed by atoms with Crippen molar-refractivity contribution in [3.63, 3.8) is 0 Å². The Kier molecular flexibility index (Phi) is 5.57. The second-order valence-electron chi connectivity index (χ2n) is 5.28. The number of amides is 1. The average Bonchev–Trinajstić information content (AvgIpc) is 2.35. The lowest BCUT2D eigenvalue weighted by atomic mass is 10.1. The minimum atomic E-state index is -0.375. The van der Waals surface area contributed by atoms with E-state index in [1.54, 1.807) is 12.1 Å². The summed E-state index contributed by atoms with van der Waals surface area (Å²) in [5.74, 6) is -0.0706. The number of nitrogens with zero attached hydrogens (tertiary/aromatic N) is 1. The quantitative estimate of drug-likeness (QED) is 0.804. The van der Waals surface area contributed by atoms with Crippen molar-refractivity contribution in [1.82, 2.24) is 5.32 Å². The van der Waals surface area contributed by atoms with Crippen LogP contribution in [0, 0.1) is 11.3 Å². The summed E-state index contributed by atoms with van der Waals surface area (Å²) in [7, 11) is 0. The second-order valence-corrected chi connectivity index (χ2v) is 7.25. The molecule has 0 saturated heterocycles. The van der Waals surface area contributed by atoms with E-state index in [2.05, 4.69) is 43.2 Å². The number of nitriles is 1. The first-order valence-electron chi connectivity index (χ1n) is 5.85. The topological polar surface area (TPSA) is 52.9 Å². The third-order valence-corrected chi connectivity index (χ3v) is 5.08. The van der Waals surface area contributed by atoms with E-state index in [-0.39, 0.29) is 21.1 Å². The Morgan fingerprint density at radius 1 is 1.26 bits per heavy atom. The molecule has 0 heterocycles. The van der Waals surface area contributed by atoms with Gasteiger partial charge in [0, 0.05) is 5.54 Å². The fourth-order valence-electron chi connectivity index (χ4n) is 1.48. The van der Waals surface area contributed by atoms with Gasteiger partial charge in [0.1, 0.15) is 4.83 Å². The molecule has 2 atom stereocenters. The number of rotatable bonds is 3. The van der Waals surface area contributed by atoms with Gasteiger partial charge in [-0.15, -0.1) is 0 Å². The molecule has 0 bridgehead atoms. The van der Waals surface area contributed by atoms with E-state index in [4.69, 9.17) is 5.26 Å². The summed E-state index contributed by atoms with van der Waals surface area (Å²) in [6, 6.07) is 9.24. The smallest absolute Gasteiger partial charge is 0.235 e. The summed E-state index contributed by atoms with van der Waals surface area (Å²) < 4.78 is 0. The van der Waals surface area contributed by atoms with E-state index in [1.165, 1.54) is 0 Å². The van der Waals surface area contributed by atoms with Gasteiger partial charge in [0.05, 0.1) is 16.5 Å². The van der Waals surface area contributed by atoms with Crippen molar-refractivity contribution in [2.75, 3.05) is 0 Å². The maximum absolute atomic E-state index is 12.1. The minimum absolute atomic E-state index is 0.0706. The molecule has 1 rings (SSSR count). The van der Waals surface area contributed by atoms with E-state index in [0.29, 0.717) is 5.56 Å². The standard InChI is InChI=1S/C14H16Br2N2O/c1-14(2,3)18-13(19)12(16)11(15)10-6-4-9(8-17)5-7-10/h4-7,11-12H,1-3H3,(H,18,19). The third kappa shape index (κ3) is 4.96. The molecule has 102 valence electrons. The Bertz CT molecular complexity index is 486. The predicted octanol–water partition coefficient (Wildman–Crippen LogP) is 3.67. The highest BCUT2D eigenvalue weighted by Gasteiger charge is 2.27. The molecule has 19 heavy (non-hydrogen) atoms. The Hall–Kier alpha value is -0.860. The maximum atomic E-state index is 12.1. The number of alkyl halides is 2. The molecule has 1 aromatic carbocycles. The molecule has 1 N–H and O–H groups in total. The van der Waals surface area contributed by atoms with E-state index in [9.17, 15) is 4.79 Å². The van der Waals surface area contributed by atoms with E-state index in [0.717, 1.165) is 5.56 Å². The predicted molar refractivity (Wildman–Crippen MR) is 83.4 cm³/mol. The van der Waals surface area contributed by atoms with E-state index < -0.39 is 0 Å². The van der Waals surface area contributed by atoms with Crippen LogP contribution in [0.2, 0.25) is 0 Å². The van der Waals surface area contributed by atoms with Crippen molar-refractivity contribution < 1.29 is 4.79 Å². The van der Waals surface area contributed by atoms with Gasteiger partial charge >= 0.3 is 0 Å². The fraction of sp³-hybridized carbons (Fsp3) is 0.429. The Balaban J connectivity index is 2.78. The molecule has 0 spiro atoms. The molecule has 2 unspecified atom stereocenters. The van der Waals surface area contributed by atoms with Crippen LogP contribution < -0.4 is 5.32 Å². The number of hydrogen-bond acceptors (Lipinski definition) is 2. The molecule has 0 saturated carbocycles. The molecule has 1 aromatic rings. The molecule has 0 fully saturated rings. The van der Waals surface area contributed by atoms with E-state index >= 15 is 0 Å². The van der Waals surface area contributed by atoms with Crippen LogP contribution in [0.1, 0.15) is 36.7 Å². The number of nitrogens with one attached hydrogen (secondary N) is 1. The summed E-state index contributed by atoms with van der Waals surface area (Å²) >= 11 is 6.93. The van der Waals surface area contributed by atoms with Crippen molar-refractivity contribution in [3.05, 3.63) is 35.4 Å². The summed E-state index contributed by atoms with van der Waals surface area (Å²) in [5, 5.41) is 11.7. The number of carbonyl (C=O) groups excluding carboxylic acids is 1. The zero-order valence-electron chi connectivity index (χ0n) is 11.1. The van der Waals surface area contributed by atoms with Gasteiger partial charge in [-0.05, 0) is 38.5 Å². The maximum Gasteiger partial charge on any atom is 0.235 e. The van der Waals surface area contributed by atoms with Gasteiger partial charge in [0.15, 0.2) is 0 Å². The summed E-state index contributed by atoms with van der Waals surface area (Å²) in [6.45, 7) is 5.82. The Labute approximate surface area is 130 Å². The number of halogens is 2. The first kappa shape index (κ1) is 16.2. The highest BCUT2D eigenvalue weighted by atomic mass is 79.9. The van der Waals surface area contributed by atoms with Crippen molar-refractivity contribution in [2.45, 2.75) is 36.0 Å². The molecule has 3 nitrogen and oxygen atoms in total. The van der Waals surface area contributed by atoms with Crippen LogP contribution in [-0.4, -0.2) is 16.3 Å². The van der Waals surface area contributed by atoms with Gasteiger partial charge in [-0.3, -0.25) is 4.79 Å². The van der Waals surface area contributed by atoms with Gasteiger partial charge in [0.25, 0.3) is 0 Å². The van der Waals surface area contributed by atoms with Crippen LogP contribution in [0.4, 0.5) is 0 Å². The monoisotopic (exact) mass is 386 g/mol. The van der Waals surface area contributed by atoms with Crippen LogP contribution in [0.15, 0.2) is 24.3 Å². The van der Waals surface area contributed by atoms with Crippen LogP contribution in [0.3, 0.4) is 0 Å². The molecule has 0 aliphatic rings. The van der Waals surface area contributed by atoms with Crippen LogP contribution in [-0.2, 0) is 4.79 Å². The zero-order valence-corrected chi connectivity index (χ0v) is 14.2. The van der Waals surface area contributed by atoms with Gasteiger partial charge < -0.3 is 5.32 Å². The molecule has 1 amide bonds. The Morgan fingerprint density at radius 3 is 2.21 bits per heavy atom. The molecule has 0 radical (unpaired) electrons. The molecular formula is C14H16Br2N2O. The lowest BCUT2D eigenvalue weighted by Crippen LogP contribution is -2.45. The lowest BCUT2D eigenvalue weighted by Gasteiger charge is -2.24. The number of carbonyl (C=O) groups is 1. The highest BCUT2D eigenvalue weighted by Crippen LogP contribution is 2.31. The Morgan fingerprint density at radius 2 is 1.79 bits per heavy atom. The molecule has 0 aliphatic heterocycles. The largest absolute Gasteiger partial charge is 0.350 e. The summed E-state index contributed by atoms with van der Waals surface area (Å²) in [5.41, 5.74) is 1.29. The second kappa shape index (κ2) is 6.53. The van der Waals surface area contributed by atoms with Crippen molar-refractivity contribution in [2.24, 2.45) is 0 Å². The van der Waals surface area contributed by atoms with Crippen molar-refractivity contribution >= 4 is 37.8 Å². The number of hydrogen-bond donors (Lipinski definition) is 1. The van der Waals surface area contributed by atoms with Crippen molar-refractivity contribution in [1.29, 1.82) is 5.26 Å². The SMILES string of the molecule is CC(C)(C)NC(=O)C(Br)C(Br)c1ccc(C#N)cc1. The van der Waals surface area contributed by atoms with Crippen LogP contribution >= 0.6 is 31.9 Å². The van der Waals surface area contributed by atoms with Crippen molar-refractivity contribution in [3.8, 4) is 6.07 Å².